The molecule has 1 aliphatic heterocycles. The first kappa shape index (κ1) is 15.5. The molecule has 2 N–H and O–H groups in total. The van der Waals surface area contributed by atoms with Gasteiger partial charge in [0.05, 0.1) is 5.56 Å². The van der Waals surface area contributed by atoms with Crippen LogP contribution in [0, 0.1) is 6.92 Å². The van der Waals surface area contributed by atoms with Crippen LogP contribution in [0.2, 0.25) is 0 Å². The Kier molecular flexibility index (Phi) is 3.80. The van der Waals surface area contributed by atoms with Crippen molar-refractivity contribution >= 4 is 28.7 Å². The number of para-hydroxylation sites is 1. The molecule has 0 unspecified atom stereocenters. The SMILES string of the molecule is Cc1ccc2oc(N3CCN(C(=O)c4ccccc4N)CC3)nc2c1. The van der Waals surface area contributed by atoms with E-state index in [1.807, 2.05) is 42.2 Å². The summed E-state index contributed by atoms with van der Waals surface area (Å²) in [5, 5.41) is 0. The van der Waals surface area contributed by atoms with E-state index in [1.165, 1.54) is 0 Å². The van der Waals surface area contributed by atoms with E-state index in [0.717, 1.165) is 16.7 Å². The highest BCUT2D eigenvalue weighted by Gasteiger charge is 2.25. The lowest BCUT2D eigenvalue weighted by atomic mass is 10.1. The Balaban J connectivity index is 1.47. The molecule has 25 heavy (non-hydrogen) atoms. The number of amides is 1. The van der Waals surface area contributed by atoms with Crippen molar-refractivity contribution in [3.63, 3.8) is 0 Å². The Bertz CT molecular complexity index is 926. The van der Waals surface area contributed by atoms with Crippen LogP contribution in [0.25, 0.3) is 11.1 Å². The first-order chi connectivity index (χ1) is 12.1. The smallest absolute Gasteiger partial charge is 0.298 e. The van der Waals surface area contributed by atoms with Crippen LogP contribution in [0.5, 0.6) is 0 Å². The average molecular weight is 336 g/mol. The fourth-order valence-electron chi connectivity index (χ4n) is 3.12. The van der Waals surface area contributed by atoms with Crippen LogP contribution in [-0.4, -0.2) is 42.0 Å². The normalized spacial score (nSPS) is 14.9. The predicted molar refractivity (Wildman–Crippen MR) is 97.7 cm³/mol. The highest BCUT2D eigenvalue weighted by Crippen LogP contribution is 2.24. The maximum atomic E-state index is 12.6. The van der Waals surface area contributed by atoms with Crippen molar-refractivity contribution in [1.82, 2.24) is 9.88 Å². The first-order valence-corrected chi connectivity index (χ1v) is 8.38. The van der Waals surface area contributed by atoms with E-state index >= 15 is 0 Å². The van der Waals surface area contributed by atoms with Crippen LogP contribution in [0.15, 0.2) is 46.9 Å². The number of rotatable bonds is 2. The lowest BCUT2D eigenvalue weighted by Gasteiger charge is -2.34. The highest BCUT2D eigenvalue weighted by atomic mass is 16.4. The van der Waals surface area contributed by atoms with Crippen molar-refractivity contribution in [1.29, 1.82) is 0 Å². The Morgan fingerprint density at radius 2 is 1.88 bits per heavy atom. The second kappa shape index (κ2) is 6.12. The molecule has 4 rings (SSSR count). The predicted octanol–water partition coefficient (Wildman–Crippen LogP) is 2.68. The molecule has 6 heteroatoms. The molecule has 3 aromatic rings. The summed E-state index contributed by atoms with van der Waals surface area (Å²) in [6.45, 7) is 4.64. The van der Waals surface area contributed by atoms with Gasteiger partial charge in [-0.1, -0.05) is 18.2 Å². The zero-order valence-corrected chi connectivity index (χ0v) is 14.1. The van der Waals surface area contributed by atoms with Gasteiger partial charge in [0.2, 0.25) is 0 Å². The third-order valence-electron chi connectivity index (χ3n) is 4.56. The quantitative estimate of drug-likeness (QED) is 0.728. The van der Waals surface area contributed by atoms with Gasteiger partial charge in [-0.2, -0.15) is 4.98 Å². The van der Waals surface area contributed by atoms with Crippen molar-refractivity contribution in [3.8, 4) is 0 Å². The van der Waals surface area contributed by atoms with E-state index in [0.29, 0.717) is 43.4 Å². The van der Waals surface area contributed by atoms with Gasteiger partial charge >= 0.3 is 0 Å². The molecule has 0 bridgehead atoms. The Morgan fingerprint density at radius 3 is 2.64 bits per heavy atom. The number of carbonyl (C=O) groups excluding carboxylic acids is 1. The van der Waals surface area contributed by atoms with Crippen LogP contribution < -0.4 is 10.6 Å². The third-order valence-corrected chi connectivity index (χ3v) is 4.56. The van der Waals surface area contributed by atoms with Gasteiger partial charge in [0.25, 0.3) is 11.9 Å². The van der Waals surface area contributed by atoms with E-state index in [4.69, 9.17) is 10.2 Å². The molecule has 0 atom stereocenters. The number of nitrogens with two attached hydrogens (primary N) is 1. The molecule has 128 valence electrons. The lowest BCUT2D eigenvalue weighted by molar-refractivity contribution is 0.0746. The number of aryl methyl sites for hydroxylation is 1. The second-order valence-corrected chi connectivity index (χ2v) is 6.33. The second-order valence-electron chi connectivity index (χ2n) is 6.33. The van der Waals surface area contributed by atoms with Gasteiger partial charge in [0.15, 0.2) is 5.58 Å². The van der Waals surface area contributed by atoms with E-state index in [1.54, 1.807) is 12.1 Å². The molecule has 0 saturated carbocycles. The van der Waals surface area contributed by atoms with E-state index in [9.17, 15) is 4.79 Å². The maximum Gasteiger partial charge on any atom is 0.298 e. The minimum atomic E-state index is -0.0223. The van der Waals surface area contributed by atoms with Crippen LogP contribution in [-0.2, 0) is 0 Å². The lowest BCUT2D eigenvalue weighted by Crippen LogP contribution is -2.49. The molecule has 0 radical (unpaired) electrons. The summed E-state index contributed by atoms with van der Waals surface area (Å²) in [7, 11) is 0. The summed E-state index contributed by atoms with van der Waals surface area (Å²) in [4.78, 5) is 21.1. The molecule has 0 aliphatic carbocycles. The van der Waals surface area contributed by atoms with Gasteiger partial charge in [0, 0.05) is 31.9 Å². The monoisotopic (exact) mass is 336 g/mol. The summed E-state index contributed by atoms with van der Waals surface area (Å²) in [5.41, 5.74) is 9.81. The number of anilines is 2. The Hall–Kier alpha value is -3.02. The van der Waals surface area contributed by atoms with Gasteiger partial charge in [-0.15, -0.1) is 0 Å². The molecule has 1 amide bonds. The summed E-state index contributed by atoms with van der Waals surface area (Å²) in [6, 6.07) is 13.8. The molecular formula is C19H20N4O2. The number of nitrogens with zero attached hydrogens (tertiary/aromatic N) is 3. The third kappa shape index (κ3) is 2.91. The molecule has 0 spiro atoms. The summed E-state index contributed by atoms with van der Waals surface area (Å²) < 4.78 is 5.85. The first-order valence-electron chi connectivity index (χ1n) is 8.38. The number of benzene rings is 2. The van der Waals surface area contributed by atoms with E-state index < -0.39 is 0 Å². The Labute approximate surface area is 145 Å². The number of hydrogen-bond acceptors (Lipinski definition) is 5. The molecule has 1 saturated heterocycles. The number of carbonyl (C=O) groups is 1. The molecule has 1 fully saturated rings. The zero-order chi connectivity index (χ0) is 17.4. The number of fused-ring (bicyclic) bond motifs is 1. The number of aromatic nitrogens is 1. The van der Waals surface area contributed by atoms with Gasteiger partial charge in [-0.25, -0.2) is 0 Å². The van der Waals surface area contributed by atoms with Crippen molar-refractivity contribution in [2.24, 2.45) is 0 Å². The van der Waals surface area contributed by atoms with Crippen molar-refractivity contribution in [3.05, 3.63) is 53.6 Å². The fourth-order valence-corrected chi connectivity index (χ4v) is 3.12. The largest absolute Gasteiger partial charge is 0.423 e. The van der Waals surface area contributed by atoms with E-state index in [-0.39, 0.29) is 5.91 Å². The zero-order valence-electron chi connectivity index (χ0n) is 14.1. The Morgan fingerprint density at radius 1 is 1.12 bits per heavy atom. The highest BCUT2D eigenvalue weighted by molar-refractivity contribution is 5.99. The van der Waals surface area contributed by atoms with Crippen LogP contribution >= 0.6 is 0 Å². The topological polar surface area (TPSA) is 75.6 Å². The van der Waals surface area contributed by atoms with Crippen molar-refractivity contribution in [2.75, 3.05) is 36.8 Å². The molecule has 2 heterocycles. The van der Waals surface area contributed by atoms with Crippen molar-refractivity contribution in [2.45, 2.75) is 6.92 Å². The van der Waals surface area contributed by atoms with Gasteiger partial charge in [0.1, 0.15) is 5.52 Å². The van der Waals surface area contributed by atoms with Crippen LogP contribution in [0.4, 0.5) is 11.7 Å². The van der Waals surface area contributed by atoms with Gasteiger partial charge in [-0.05, 0) is 36.8 Å². The van der Waals surface area contributed by atoms with Crippen molar-refractivity contribution < 1.29 is 9.21 Å². The number of nitrogen functional groups attached to an aromatic ring is 1. The average Bonchev–Trinajstić information content (AvgIpc) is 3.05. The number of oxazole rings is 1. The van der Waals surface area contributed by atoms with Crippen LogP contribution in [0.1, 0.15) is 15.9 Å². The number of piperazine rings is 1. The minimum absolute atomic E-state index is 0.0223. The number of hydrogen-bond donors (Lipinski definition) is 1. The van der Waals surface area contributed by atoms with E-state index in [2.05, 4.69) is 9.88 Å². The van der Waals surface area contributed by atoms with Crippen LogP contribution in [0.3, 0.4) is 0 Å². The summed E-state index contributed by atoms with van der Waals surface area (Å²) in [6.07, 6.45) is 0. The molecular weight excluding hydrogens is 316 g/mol. The van der Waals surface area contributed by atoms with Gasteiger partial charge < -0.3 is 20.0 Å². The molecule has 1 aliphatic rings. The molecule has 1 aromatic heterocycles. The summed E-state index contributed by atoms with van der Waals surface area (Å²) in [5.74, 6) is -0.0223. The molecule has 6 nitrogen and oxygen atoms in total. The maximum absolute atomic E-state index is 12.6. The fraction of sp³-hybridized carbons (Fsp3) is 0.263. The standard InChI is InChI=1S/C19H20N4O2/c1-13-6-7-17-16(12-13)21-19(25-17)23-10-8-22(9-11-23)18(24)14-4-2-3-5-15(14)20/h2-7,12H,8-11,20H2,1H3. The van der Waals surface area contributed by atoms with Gasteiger partial charge in [-0.3, -0.25) is 4.79 Å². The minimum Gasteiger partial charge on any atom is -0.423 e. The molecule has 2 aromatic carbocycles. The summed E-state index contributed by atoms with van der Waals surface area (Å²) >= 11 is 0.